The summed E-state index contributed by atoms with van der Waals surface area (Å²) in [5.41, 5.74) is 0. The van der Waals surface area contributed by atoms with Crippen LogP contribution >= 0.6 is 0 Å². The van der Waals surface area contributed by atoms with Gasteiger partial charge >= 0.3 is 0 Å². The van der Waals surface area contributed by atoms with Crippen LogP contribution in [-0.4, -0.2) is 31.6 Å². The van der Waals surface area contributed by atoms with Gasteiger partial charge in [-0.2, -0.15) is 0 Å². The molecule has 0 saturated heterocycles. The first-order valence-corrected chi connectivity index (χ1v) is 4.61. The fourth-order valence-electron chi connectivity index (χ4n) is 1.26. The maximum absolute atomic E-state index is 5.27. The molecular weight excluding hydrogens is 164 g/mol. The third-order valence-corrected chi connectivity index (χ3v) is 2.24. The lowest BCUT2D eigenvalue weighted by Crippen LogP contribution is -2.36. The zero-order chi connectivity index (χ0) is 9.68. The van der Waals surface area contributed by atoms with Crippen LogP contribution in [0.3, 0.4) is 0 Å². The van der Waals surface area contributed by atoms with Crippen molar-refractivity contribution in [2.24, 2.45) is 0 Å². The van der Waals surface area contributed by atoms with Crippen LogP contribution in [0.4, 0.5) is 0 Å². The van der Waals surface area contributed by atoms with Crippen LogP contribution in [0.5, 0.6) is 0 Å². The zero-order valence-corrected chi connectivity index (χ0v) is 8.58. The topological polar surface area (TPSA) is 28.4 Å². The standard InChI is InChI=1S/C10H18N2O/c1-9(7-11-2)12(3)8-10-5-4-6-13-10/h4-6,9,11H,7-8H2,1-3H3. The Kier molecular flexibility index (Phi) is 3.99. The van der Waals surface area contributed by atoms with Gasteiger partial charge < -0.3 is 9.73 Å². The molecule has 0 aliphatic rings. The van der Waals surface area contributed by atoms with Crippen molar-refractivity contribution in [2.75, 3.05) is 20.6 Å². The van der Waals surface area contributed by atoms with E-state index in [4.69, 9.17) is 4.42 Å². The van der Waals surface area contributed by atoms with E-state index in [2.05, 4.69) is 24.2 Å². The first-order chi connectivity index (χ1) is 6.24. The molecule has 0 aliphatic heterocycles. The summed E-state index contributed by atoms with van der Waals surface area (Å²) < 4.78 is 5.27. The van der Waals surface area contributed by atoms with Gasteiger partial charge in [-0.05, 0) is 33.2 Å². The van der Waals surface area contributed by atoms with E-state index in [1.807, 2.05) is 19.2 Å². The molecule has 1 aromatic rings. The van der Waals surface area contributed by atoms with Crippen LogP contribution in [0.1, 0.15) is 12.7 Å². The molecule has 0 aliphatic carbocycles. The van der Waals surface area contributed by atoms with Gasteiger partial charge in [0.05, 0.1) is 12.8 Å². The zero-order valence-electron chi connectivity index (χ0n) is 8.58. The third-order valence-electron chi connectivity index (χ3n) is 2.24. The summed E-state index contributed by atoms with van der Waals surface area (Å²) in [6, 6.07) is 4.45. The van der Waals surface area contributed by atoms with Gasteiger partial charge in [-0.1, -0.05) is 0 Å². The highest BCUT2D eigenvalue weighted by Crippen LogP contribution is 2.05. The maximum Gasteiger partial charge on any atom is 0.117 e. The van der Waals surface area contributed by atoms with E-state index in [-0.39, 0.29) is 0 Å². The first-order valence-electron chi connectivity index (χ1n) is 4.61. The number of likely N-dealkylation sites (N-methyl/N-ethyl adjacent to an activating group) is 2. The number of nitrogens with one attached hydrogen (secondary N) is 1. The van der Waals surface area contributed by atoms with Gasteiger partial charge in [-0.3, -0.25) is 4.90 Å². The summed E-state index contributed by atoms with van der Waals surface area (Å²) in [6.07, 6.45) is 1.71. The SMILES string of the molecule is CNCC(C)N(C)Cc1ccco1. The van der Waals surface area contributed by atoms with Crippen LogP contribution in [0.25, 0.3) is 0 Å². The minimum absolute atomic E-state index is 0.523. The number of hydrogen-bond donors (Lipinski definition) is 1. The van der Waals surface area contributed by atoms with E-state index in [0.29, 0.717) is 6.04 Å². The van der Waals surface area contributed by atoms with E-state index < -0.39 is 0 Å². The summed E-state index contributed by atoms with van der Waals surface area (Å²) in [6.45, 7) is 4.06. The van der Waals surface area contributed by atoms with Crippen LogP contribution in [0, 0.1) is 0 Å². The number of furan rings is 1. The van der Waals surface area contributed by atoms with E-state index in [1.54, 1.807) is 6.26 Å². The Bertz CT molecular complexity index is 221. The fourth-order valence-corrected chi connectivity index (χ4v) is 1.26. The van der Waals surface area contributed by atoms with Crippen molar-refractivity contribution < 1.29 is 4.42 Å². The lowest BCUT2D eigenvalue weighted by atomic mass is 10.3. The minimum atomic E-state index is 0.523. The second-order valence-electron chi connectivity index (χ2n) is 3.40. The molecular formula is C10H18N2O. The monoisotopic (exact) mass is 182 g/mol. The quantitative estimate of drug-likeness (QED) is 0.744. The van der Waals surface area contributed by atoms with Crippen molar-refractivity contribution in [3.8, 4) is 0 Å². The highest BCUT2D eigenvalue weighted by Gasteiger charge is 2.09. The summed E-state index contributed by atoms with van der Waals surface area (Å²) in [5.74, 6) is 1.02. The molecule has 1 unspecified atom stereocenters. The molecule has 1 N–H and O–H groups in total. The van der Waals surface area contributed by atoms with Gasteiger partial charge in [0.1, 0.15) is 5.76 Å². The Balaban J connectivity index is 2.36. The molecule has 1 atom stereocenters. The average Bonchev–Trinajstić information content (AvgIpc) is 2.57. The van der Waals surface area contributed by atoms with Crippen LogP contribution < -0.4 is 5.32 Å². The van der Waals surface area contributed by atoms with Crippen molar-refractivity contribution >= 4 is 0 Å². The highest BCUT2D eigenvalue weighted by molar-refractivity contribution is 4.97. The Labute approximate surface area is 79.7 Å². The van der Waals surface area contributed by atoms with Gasteiger partial charge in [-0.25, -0.2) is 0 Å². The Morgan fingerprint density at radius 1 is 1.62 bits per heavy atom. The van der Waals surface area contributed by atoms with Gasteiger partial charge in [-0.15, -0.1) is 0 Å². The summed E-state index contributed by atoms with van der Waals surface area (Å²) in [5, 5.41) is 3.16. The number of hydrogen-bond acceptors (Lipinski definition) is 3. The Morgan fingerprint density at radius 3 is 2.92 bits per heavy atom. The van der Waals surface area contributed by atoms with Crippen molar-refractivity contribution in [3.63, 3.8) is 0 Å². The van der Waals surface area contributed by atoms with Crippen molar-refractivity contribution in [1.29, 1.82) is 0 Å². The fraction of sp³-hybridized carbons (Fsp3) is 0.600. The van der Waals surface area contributed by atoms with Gasteiger partial charge in [0.25, 0.3) is 0 Å². The molecule has 3 nitrogen and oxygen atoms in total. The lowest BCUT2D eigenvalue weighted by Gasteiger charge is -2.23. The molecule has 74 valence electrons. The Hall–Kier alpha value is -0.800. The second-order valence-corrected chi connectivity index (χ2v) is 3.40. The van der Waals surface area contributed by atoms with Crippen molar-refractivity contribution in [1.82, 2.24) is 10.2 Å². The maximum atomic E-state index is 5.27. The van der Waals surface area contributed by atoms with Crippen LogP contribution in [0.15, 0.2) is 22.8 Å². The number of nitrogens with zero attached hydrogens (tertiary/aromatic N) is 1. The lowest BCUT2D eigenvalue weighted by molar-refractivity contribution is 0.227. The molecule has 1 aromatic heterocycles. The summed E-state index contributed by atoms with van der Waals surface area (Å²) in [7, 11) is 4.07. The first kappa shape index (κ1) is 10.3. The molecule has 0 amide bonds. The van der Waals surface area contributed by atoms with E-state index in [9.17, 15) is 0 Å². The molecule has 1 rings (SSSR count). The van der Waals surface area contributed by atoms with Gasteiger partial charge in [0.2, 0.25) is 0 Å². The molecule has 0 fully saturated rings. The summed E-state index contributed by atoms with van der Waals surface area (Å²) in [4.78, 5) is 2.26. The van der Waals surface area contributed by atoms with Crippen molar-refractivity contribution in [3.05, 3.63) is 24.2 Å². The smallest absolute Gasteiger partial charge is 0.117 e. The normalized spacial score (nSPS) is 13.5. The largest absolute Gasteiger partial charge is 0.468 e. The molecule has 1 heterocycles. The summed E-state index contributed by atoms with van der Waals surface area (Å²) >= 11 is 0. The molecule has 0 radical (unpaired) electrons. The predicted molar refractivity (Wildman–Crippen MR) is 53.6 cm³/mol. The average molecular weight is 182 g/mol. The minimum Gasteiger partial charge on any atom is -0.468 e. The van der Waals surface area contributed by atoms with Gasteiger partial charge in [0.15, 0.2) is 0 Å². The predicted octanol–water partition coefficient (Wildman–Crippen LogP) is 1.32. The van der Waals surface area contributed by atoms with Crippen LogP contribution in [0.2, 0.25) is 0 Å². The molecule has 0 spiro atoms. The van der Waals surface area contributed by atoms with E-state index >= 15 is 0 Å². The molecule has 13 heavy (non-hydrogen) atoms. The molecule has 0 bridgehead atoms. The van der Waals surface area contributed by atoms with E-state index in [0.717, 1.165) is 18.8 Å². The molecule has 0 aromatic carbocycles. The molecule has 3 heteroatoms. The number of rotatable bonds is 5. The van der Waals surface area contributed by atoms with E-state index in [1.165, 1.54) is 0 Å². The molecule has 0 saturated carbocycles. The van der Waals surface area contributed by atoms with Crippen molar-refractivity contribution in [2.45, 2.75) is 19.5 Å². The Morgan fingerprint density at radius 2 is 2.38 bits per heavy atom. The van der Waals surface area contributed by atoms with Crippen LogP contribution in [-0.2, 0) is 6.54 Å². The van der Waals surface area contributed by atoms with Gasteiger partial charge in [0, 0.05) is 12.6 Å². The second kappa shape index (κ2) is 5.04. The third kappa shape index (κ3) is 3.20. The highest BCUT2D eigenvalue weighted by atomic mass is 16.3.